The lowest BCUT2D eigenvalue weighted by Crippen LogP contribution is -2.42. The Labute approximate surface area is 102 Å². The molecular weight excluding hydrogens is 247 g/mol. The number of halogens is 3. The molecule has 1 aliphatic rings. The molecule has 1 saturated heterocycles. The van der Waals surface area contributed by atoms with Gasteiger partial charge in [0, 0.05) is 13.1 Å². The van der Waals surface area contributed by atoms with Crippen LogP contribution in [-0.4, -0.2) is 34.0 Å². The zero-order valence-electron chi connectivity index (χ0n) is 9.91. The van der Waals surface area contributed by atoms with Crippen LogP contribution in [0.4, 0.5) is 19.0 Å². The summed E-state index contributed by atoms with van der Waals surface area (Å²) in [5, 5.41) is 16.6. The Hall–Kier alpha value is -1.37. The molecule has 1 N–H and O–H groups in total. The molecule has 0 atom stereocenters. The van der Waals surface area contributed by atoms with Gasteiger partial charge in [-0.2, -0.15) is 13.2 Å². The zero-order valence-corrected chi connectivity index (χ0v) is 9.91. The number of piperidine rings is 1. The van der Waals surface area contributed by atoms with E-state index in [9.17, 15) is 18.3 Å². The van der Waals surface area contributed by atoms with Gasteiger partial charge < -0.3 is 10.0 Å². The summed E-state index contributed by atoms with van der Waals surface area (Å²) < 4.78 is 36.9. The fourth-order valence-electron chi connectivity index (χ4n) is 1.86. The molecule has 2 heterocycles. The summed E-state index contributed by atoms with van der Waals surface area (Å²) >= 11 is 0. The SMILES string of the molecule is CC1(O)CCN(c2ccc(C(F)(F)F)nn2)CC1. The van der Waals surface area contributed by atoms with Gasteiger partial charge >= 0.3 is 6.18 Å². The van der Waals surface area contributed by atoms with Crippen LogP contribution in [-0.2, 0) is 6.18 Å². The van der Waals surface area contributed by atoms with Crippen LogP contribution < -0.4 is 4.90 Å². The van der Waals surface area contributed by atoms with Crippen LogP contribution in [0.3, 0.4) is 0 Å². The van der Waals surface area contributed by atoms with Gasteiger partial charge in [0.25, 0.3) is 0 Å². The van der Waals surface area contributed by atoms with Crippen LogP contribution in [0.25, 0.3) is 0 Å². The lowest BCUT2D eigenvalue weighted by Gasteiger charge is -2.36. The molecule has 1 aliphatic heterocycles. The number of alkyl halides is 3. The molecule has 1 aromatic heterocycles. The fraction of sp³-hybridized carbons (Fsp3) is 0.636. The molecule has 18 heavy (non-hydrogen) atoms. The highest BCUT2D eigenvalue weighted by Crippen LogP contribution is 2.29. The number of aliphatic hydroxyl groups is 1. The first-order valence-corrected chi connectivity index (χ1v) is 5.66. The Balaban J connectivity index is 2.07. The van der Waals surface area contributed by atoms with Crippen LogP contribution in [0.5, 0.6) is 0 Å². The lowest BCUT2D eigenvalue weighted by atomic mass is 9.94. The molecule has 0 unspecified atom stereocenters. The highest BCUT2D eigenvalue weighted by molar-refractivity contribution is 5.38. The molecule has 0 amide bonds. The van der Waals surface area contributed by atoms with Crippen molar-refractivity contribution in [2.75, 3.05) is 18.0 Å². The van der Waals surface area contributed by atoms with Gasteiger partial charge in [-0.15, -0.1) is 10.2 Å². The smallest absolute Gasteiger partial charge is 0.390 e. The quantitative estimate of drug-likeness (QED) is 0.838. The van der Waals surface area contributed by atoms with Gasteiger partial charge in [0.2, 0.25) is 0 Å². The predicted molar refractivity (Wildman–Crippen MR) is 59.1 cm³/mol. The second-order valence-corrected chi connectivity index (χ2v) is 4.76. The number of anilines is 1. The van der Waals surface area contributed by atoms with E-state index in [1.165, 1.54) is 6.07 Å². The van der Waals surface area contributed by atoms with E-state index in [-0.39, 0.29) is 0 Å². The maximum Gasteiger partial charge on any atom is 0.435 e. The molecule has 100 valence electrons. The molecule has 0 spiro atoms. The summed E-state index contributed by atoms with van der Waals surface area (Å²) in [6.07, 6.45) is -3.33. The van der Waals surface area contributed by atoms with Gasteiger partial charge in [0.15, 0.2) is 11.5 Å². The monoisotopic (exact) mass is 261 g/mol. The van der Waals surface area contributed by atoms with Crippen LogP contribution in [0.15, 0.2) is 12.1 Å². The number of hydrogen-bond donors (Lipinski definition) is 1. The summed E-state index contributed by atoms with van der Waals surface area (Å²) in [6, 6.07) is 2.24. The Morgan fingerprint density at radius 2 is 1.83 bits per heavy atom. The zero-order chi connectivity index (χ0) is 13.4. The standard InChI is InChI=1S/C11H14F3N3O/c1-10(18)4-6-17(7-5-10)9-3-2-8(15-16-9)11(12,13)14/h2-3,18H,4-7H2,1H3. The van der Waals surface area contributed by atoms with Gasteiger partial charge in [0.1, 0.15) is 0 Å². The minimum atomic E-state index is -4.46. The molecule has 0 radical (unpaired) electrons. The van der Waals surface area contributed by atoms with Crippen molar-refractivity contribution < 1.29 is 18.3 Å². The number of aromatic nitrogens is 2. The maximum atomic E-state index is 12.3. The summed E-state index contributed by atoms with van der Waals surface area (Å²) in [6.45, 7) is 2.88. The highest BCUT2D eigenvalue weighted by Gasteiger charge is 2.33. The molecule has 7 heteroatoms. The van der Waals surface area contributed by atoms with E-state index in [2.05, 4.69) is 10.2 Å². The van der Waals surface area contributed by atoms with E-state index in [0.29, 0.717) is 31.7 Å². The average molecular weight is 261 g/mol. The van der Waals surface area contributed by atoms with E-state index < -0.39 is 17.5 Å². The summed E-state index contributed by atoms with van der Waals surface area (Å²) in [5.74, 6) is 0.415. The topological polar surface area (TPSA) is 49.2 Å². The predicted octanol–water partition coefficient (Wildman–Crippen LogP) is 1.85. The Bertz CT molecular complexity index is 407. The van der Waals surface area contributed by atoms with Crippen LogP contribution in [0, 0.1) is 0 Å². The summed E-state index contributed by atoms with van der Waals surface area (Å²) in [7, 11) is 0. The second-order valence-electron chi connectivity index (χ2n) is 4.76. The van der Waals surface area contributed by atoms with E-state index >= 15 is 0 Å². The van der Waals surface area contributed by atoms with Crippen LogP contribution in [0.2, 0.25) is 0 Å². The van der Waals surface area contributed by atoms with Crippen molar-refractivity contribution in [1.29, 1.82) is 0 Å². The Morgan fingerprint density at radius 3 is 2.28 bits per heavy atom. The summed E-state index contributed by atoms with van der Waals surface area (Å²) in [5.41, 5.74) is -1.69. The summed E-state index contributed by atoms with van der Waals surface area (Å²) in [4.78, 5) is 1.82. The molecule has 0 bridgehead atoms. The minimum Gasteiger partial charge on any atom is -0.390 e. The van der Waals surface area contributed by atoms with Crippen molar-refractivity contribution in [3.8, 4) is 0 Å². The molecule has 0 aromatic carbocycles. The van der Waals surface area contributed by atoms with Gasteiger partial charge in [-0.05, 0) is 31.9 Å². The van der Waals surface area contributed by atoms with Crippen molar-refractivity contribution in [3.05, 3.63) is 17.8 Å². The van der Waals surface area contributed by atoms with Gasteiger partial charge in [-0.1, -0.05) is 0 Å². The second kappa shape index (κ2) is 4.38. The third-order valence-corrected chi connectivity index (χ3v) is 3.11. The van der Waals surface area contributed by atoms with Crippen molar-refractivity contribution in [1.82, 2.24) is 10.2 Å². The van der Waals surface area contributed by atoms with Gasteiger partial charge in [-0.3, -0.25) is 0 Å². The lowest BCUT2D eigenvalue weighted by molar-refractivity contribution is -0.141. The maximum absolute atomic E-state index is 12.3. The van der Waals surface area contributed by atoms with E-state index in [0.717, 1.165) is 6.07 Å². The molecule has 1 fully saturated rings. The van der Waals surface area contributed by atoms with Crippen molar-refractivity contribution in [3.63, 3.8) is 0 Å². The van der Waals surface area contributed by atoms with E-state index in [1.54, 1.807) is 6.92 Å². The van der Waals surface area contributed by atoms with Gasteiger partial charge in [-0.25, -0.2) is 0 Å². The van der Waals surface area contributed by atoms with Crippen molar-refractivity contribution >= 4 is 5.82 Å². The highest BCUT2D eigenvalue weighted by atomic mass is 19.4. The molecule has 0 aliphatic carbocycles. The van der Waals surface area contributed by atoms with Gasteiger partial charge in [0.05, 0.1) is 5.60 Å². The molecule has 1 aromatic rings. The largest absolute Gasteiger partial charge is 0.435 e. The molecular formula is C11H14F3N3O. The van der Waals surface area contributed by atoms with E-state index in [1.807, 2.05) is 4.90 Å². The fourth-order valence-corrected chi connectivity index (χ4v) is 1.86. The molecule has 0 saturated carbocycles. The van der Waals surface area contributed by atoms with E-state index in [4.69, 9.17) is 0 Å². The third-order valence-electron chi connectivity index (χ3n) is 3.11. The average Bonchev–Trinajstić information content (AvgIpc) is 2.28. The Morgan fingerprint density at radius 1 is 1.22 bits per heavy atom. The van der Waals surface area contributed by atoms with Crippen LogP contribution >= 0.6 is 0 Å². The first kappa shape index (κ1) is 13.1. The van der Waals surface area contributed by atoms with Crippen molar-refractivity contribution in [2.24, 2.45) is 0 Å². The first-order valence-electron chi connectivity index (χ1n) is 5.66. The minimum absolute atomic E-state index is 0.415. The number of rotatable bonds is 1. The first-order chi connectivity index (χ1) is 8.28. The molecule has 4 nitrogen and oxygen atoms in total. The Kier molecular flexibility index (Phi) is 3.18. The molecule has 2 rings (SSSR count). The number of hydrogen-bond acceptors (Lipinski definition) is 4. The third kappa shape index (κ3) is 2.90. The van der Waals surface area contributed by atoms with Crippen molar-refractivity contribution in [2.45, 2.75) is 31.5 Å². The number of nitrogens with zero attached hydrogens (tertiary/aromatic N) is 3. The van der Waals surface area contributed by atoms with Crippen LogP contribution in [0.1, 0.15) is 25.5 Å². The normalized spacial score (nSPS) is 19.9.